The van der Waals surface area contributed by atoms with Gasteiger partial charge in [-0.2, -0.15) is 0 Å². The maximum atomic E-state index is 14.0. The van der Waals surface area contributed by atoms with Crippen LogP contribution in [0.15, 0.2) is 24.3 Å². The molecular weight excluding hydrogens is 540 g/mol. The Morgan fingerprint density at radius 1 is 1.21 bits per heavy atom. The molecule has 0 unspecified atom stereocenters. The number of ether oxygens (including phenoxy) is 3. The summed E-state index contributed by atoms with van der Waals surface area (Å²) in [7, 11) is 1.57. The minimum absolute atomic E-state index is 0.00104. The van der Waals surface area contributed by atoms with E-state index in [-0.39, 0.29) is 18.3 Å². The number of hydrogen-bond acceptors (Lipinski definition) is 8. The Hall–Kier alpha value is -3.89. The van der Waals surface area contributed by atoms with E-state index in [4.69, 9.17) is 24.2 Å². The van der Waals surface area contributed by atoms with Gasteiger partial charge in [0.15, 0.2) is 0 Å². The van der Waals surface area contributed by atoms with Crippen LogP contribution >= 0.6 is 0 Å². The zero-order chi connectivity index (χ0) is 30.4. The van der Waals surface area contributed by atoms with Crippen molar-refractivity contribution in [1.82, 2.24) is 20.2 Å². The first kappa shape index (κ1) is 29.6. The summed E-state index contributed by atoms with van der Waals surface area (Å²) in [4.78, 5) is 50.3. The highest BCUT2D eigenvalue weighted by Crippen LogP contribution is 2.49. The van der Waals surface area contributed by atoms with Crippen molar-refractivity contribution in [2.24, 2.45) is 17.3 Å². The molecule has 2 fully saturated rings. The van der Waals surface area contributed by atoms with Gasteiger partial charge in [0.05, 0.1) is 24.7 Å². The van der Waals surface area contributed by atoms with Crippen molar-refractivity contribution in [3.63, 3.8) is 0 Å². The molecule has 1 aromatic carbocycles. The number of aromatic nitrogens is 2. The standard InChI is InChI=1S/C31H40N4O7/c1-17-23-16-35(24(17)28(37)38)27(36)25(30(2,3)4)34-29(39)42-31(5)15-18(31)10-8-7-9-11-21-26(41-23)33-22-14-19(40-6)12-13-20(22)32-21/h9,11-14,17-18,23-25H,7-8,10,15-16H2,1-6H3,(H,34,39)(H,37,38)/t17-,18-,23+,24+,25-,31-/m1/s1. The second kappa shape index (κ2) is 11.1. The molecule has 1 aromatic heterocycles. The molecule has 1 saturated carbocycles. The van der Waals surface area contributed by atoms with Crippen LogP contribution in [0, 0.1) is 17.3 Å². The number of carbonyl (C=O) groups is 3. The first-order chi connectivity index (χ1) is 19.8. The topological polar surface area (TPSA) is 140 Å². The Morgan fingerprint density at radius 3 is 2.67 bits per heavy atom. The third-order valence-electron chi connectivity index (χ3n) is 8.72. The van der Waals surface area contributed by atoms with Crippen molar-refractivity contribution in [2.45, 2.75) is 84.1 Å². The average molecular weight is 581 g/mol. The van der Waals surface area contributed by atoms with Gasteiger partial charge in [-0.1, -0.05) is 33.8 Å². The van der Waals surface area contributed by atoms with Crippen molar-refractivity contribution in [2.75, 3.05) is 13.7 Å². The van der Waals surface area contributed by atoms with Crippen LogP contribution in [0.1, 0.15) is 66.0 Å². The Kier molecular flexibility index (Phi) is 7.80. The fourth-order valence-corrected chi connectivity index (χ4v) is 6.00. The number of methoxy groups -OCH3 is 1. The third-order valence-corrected chi connectivity index (χ3v) is 8.72. The van der Waals surface area contributed by atoms with E-state index in [1.54, 1.807) is 20.1 Å². The van der Waals surface area contributed by atoms with Crippen molar-refractivity contribution in [3.8, 4) is 11.6 Å². The van der Waals surface area contributed by atoms with E-state index in [1.165, 1.54) is 4.90 Å². The molecule has 6 atom stereocenters. The Bertz CT molecular complexity index is 1420. The molecule has 11 nitrogen and oxygen atoms in total. The summed E-state index contributed by atoms with van der Waals surface area (Å²) in [5.41, 5.74) is 0.456. The van der Waals surface area contributed by atoms with Crippen molar-refractivity contribution < 1.29 is 33.7 Å². The fraction of sp³-hybridized carbons (Fsp3) is 0.581. The SMILES string of the molecule is COc1ccc2nc3c(nc2c1)O[C@H]1CN(C(=O)[C@H](C(C)(C)C)NC(=O)O[C@]2(C)C[C@H]2CCCC=C3)[C@H](C(=O)O)[C@@H]1C. The number of allylic oxidation sites excluding steroid dienone is 1. The zero-order valence-electron chi connectivity index (χ0n) is 25.0. The molecule has 0 spiro atoms. The van der Waals surface area contributed by atoms with E-state index < -0.39 is 53.1 Å². The Labute approximate surface area is 245 Å². The number of fused-ring (bicyclic) bond motifs is 5. The van der Waals surface area contributed by atoms with Gasteiger partial charge in [0, 0.05) is 17.9 Å². The number of rotatable bonds is 2. The Morgan fingerprint density at radius 2 is 1.98 bits per heavy atom. The molecule has 3 heterocycles. The number of amides is 2. The summed E-state index contributed by atoms with van der Waals surface area (Å²) in [6, 6.07) is 3.23. The van der Waals surface area contributed by atoms with Crippen LogP contribution < -0.4 is 14.8 Å². The lowest BCUT2D eigenvalue weighted by Crippen LogP contribution is -2.57. The van der Waals surface area contributed by atoms with Gasteiger partial charge in [-0.3, -0.25) is 4.79 Å². The number of benzene rings is 1. The van der Waals surface area contributed by atoms with Gasteiger partial charge in [-0.25, -0.2) is 19.6 Å². The third kappa shape index (κ3) is 5.87. The molecular formula is C31H40N4O7. The lowest BCUT2D eigenvalue weighted by molar-refractivity contribution is -0.151. The van der Waals surface area contributed by atoms with Crippen molar-refractivity contribution >= 4 is 35.1 Å². The summed E-state index contributed by atoms with van der Waals surface area (Å²) >= 11 is 0. The highest BCUT2D eigenvalue weighted by Gasteiger charge is 2.54. The molecule has 5 rings (SSSR count). The smallest absolute Gasteiger partial charge is 0.408 e. The molecule has 2 bridgehead atoms. The van der Waals surface area contributed by atoms with Gasteiger partial charge < -0.3 is 29.5 Å². The zero-order valence-corrected chi connectivity index (χ0v) is 25.0. The van der Waals surface area contributed by atoms with Crippen LogP contribution in [0.5, 0.6) is 11.6 Å². The van der Waals surface area contributed by atoms with E-state index in [1.807, 2.05) is 52.0 Å². The number of alkyl carbamates (subject to hydrolysis) is 1. The lowest BCUT2D eigenvalue weighted by Gasteiger charge is -2.35. The molecule has 2 aromatic rings. The Balaban J connectivity index is 1.55. The maximum Gasteiger partial charge on any atom is 0.408 e. The van der Waals surface area contributed by atoms with Gasteiger partial charge in [0.25, 0.3) is 0 Å². The van der Waals surface area contributed by atoms with Gasteiger partial charge in [0.1, 0.15) is 35.2 Å². The summed E-state index contributed by atoms with van der Waals surface area (Å²) in [5, 5.41) is 13.0. The molecule has 0 radical (unpaired) electrons. The number of carboxylic acids is 1. The van der Waals surface area contributed by atoms with Crippen LogP contribution in [-0.2, 0) is 14.3 Å². The van der Waals surface area contributed by atoms with Crippen LogP contribution in [0.2, 0.25) is 0 Å². The highest BCUT2D eigenvalue weighted by atomic mass is 16.6. The van der Waals surface area contributed by atoms with E-state index in [0.29, 0.717) is 22.5 Å². The summed E-state index contributed by atoms with van der Waals surface area (Å²) in [5.74, 6) is -1.12. The van der Waals surface area contributed by atoms with Gasteiger partial charge in [-0.05, 0) is 56.2 Å². The molecule has 3 aliphatic rings. The first-order valence-electron chi connectivity index (χ1n) is 14.5. The van der Waals surface area contributed by atoms with E-state index in [2.05, 4.69) is 5.32 Å². The van der Waals surface area contributed by atoms with Gasteiger partial charge >= 0.3 is 12.1 Å². The van der Waals surface area contributed by atoms with Crippen LogP contribution in [0.25, 0.3) is 17.1 Å². The lowest BCUT2D eigenvalue weighted by atomic mass is 9.85. The fourth-order valence-electron chi connectivity index (χ4n) is 6.00. The monoisotopic (exact) mass is 580 g/mol. The van der Waals surface area contributed by atoms with Crippen LogP contribution in [0.3, 0.4) is 0 Å². The average Bonchev–Trinajstić information content (AvgIpc) is 3.43. The predicted octanol–water partition coefficient (Wildman–Crippen LogP) is 4.43. The minimum Gasteiger partial charge on any atom is -0.497 e. The maximum absolute atomic E-state index is 14.0. The van der Waals surface area contributed by atoms with Crippen LogP contribution in [0.4, 0.5) is 4.79 Å². The van der Waals surface area contributed by atoms with Crippen molar-refractivity contribution in [3.05, 3.63) is 30.0 Å². The molecule has 1 aliphatic carbocycles. The number of aliphatic carboxylic acids is 1. The van der Waals surface area contributed by atoms with Gasteiger partial charge in [-0.15, -0.1) is 0 Å². The molecule has 42 heavy (non-hydrogen) atoms. The largest absolute Gasteiger partial charge is 0.497 e. The second-order valence-electron chi connectivity index (χ2n) is 12.9. The highest BCUT2D eigenvalue weighted by molar-refractivity contribution is 5.91. The van der Waals surface area contributed by atoms with Crippen molar-refractivity contribution in [1.29, 1.82) is 0 Å². The summed E-state index contributed by atoms with van der Waals surface area (Å²) < 4.78 is 17.6. The minimum atomic E-state index is -1.16. The van der Waals surface area contributed by atoms with Crippen LogP contribution in [-0.4, -0.2) is 75.4 Å². The number of carboxylic acid groups (broad SMARTS) is 1. The quantitative estimate of drug-likeness (QED) is 0.528. The molecule has 2 amide bonds. The van der Waals surface area contributed by atoms with E-state index >= 15 is 0 Å². The molecule has 11 heteroatoms. The van der Waals surface area contributed by atoms with E-state index in [0.717, 1.165) is 25.7 Å². The number of carbonyl (C=O) groups excluding carboxylic acids is 2. The molecule has 2 N–H and O–H groups in total. The molecule has 226 valence electrons. The molecule has 1 saturated heterocycles. The summed E-state index contributed by atoms with van der Waals surface area (Å²) in [6.45, 7) is 9.13. The number of nitrogens with zero attached hydrogens (tertiary/aromatic N) is 3. The number of hydrogen-bond donors (Lipinski definition) is 2. The normalized spacial score (nSPS) is 30.2. The summed E-state index contributed by atoms with van der Waals surface area (Å²) in [6.07, 6.45) is 5.86. The first-order valence-corrected chi connectivity index (χ1v) is 14.5. The second-order valence-corrected chi connectivity index (χ2v) is 12.9. The predicted molar refractivity (Wildman–Crippen MR) is 155 cm³/mol. The van der Waals surface area contributed by atoms with Gasteiger partial charge in [0.2, 0.25) is 11.8 Å². The number of nitrogens with one attached hydrogen (secondary N) is 1. The molecule has 2 aliphatic heterocycles. The van der Waals surface area contributed by atoms with E-state index in [9.17, 15) is 19.5 Å².